The van der Waals surface area contributed by atoms with Crippen molar-refractivity contribution in [3.8, 4) is 0 Å². The first-order chi connectivity index (χ1) is 8.13. The number of carbonyl (C=O) groups is 1. The van der Waals surface area contributed by atoms with Crippen LogP contribution < -0.4 is 0 Å². The highest BCUT2D eigenvalue weighted by Crippen LogP contribution is 2.36. The van der Waals surface area contributed by atoms with Gasteiger partial charge in [0.15, 0.2) is 0 Å². The van der Waals surface area contributed by atoms with Crippen molar-refractivity contribution in [1.82, 2.24) is 4.90 Å². The van der Waals surface area contributed by atoms with Gasteiger partial charge in [-0.3, -0.25) is 4.79 Å². The van der Waals surface area contributed by atoms with Gasteiger partial charge in [0.1, 0.15) is 0 Å². The van der Waals surface area contributed by atoms with Crippen LogP contribution in [0.15, 0.2) is 24.3 Å². The lowest BCUT2D eigenvalue weighted by Gasteiger charge is -2.17. The molecule has 3 nitrogen and oxygen atoms in total. The van der Waals surface area contributed by atoms with Crippen LogP contribution in [0, 0.1) is 5.92 Å². The maximum Gasteiger partial charge on any atom is 0.310 e. The van der Waals surface area contributed by atoms with Crippen LogP contribution in [0.1, 0.15) is 11.5 Å². The zero-order valence-electron chi connectivity index (χ0n) is 10.0. The summed E-state index contributed by atoms with van der Waals surface area (Å²) < 4.78 is 4.87. The molecular formula is C13H16ClNO2. The molecule has 1 aliphatic rings. The minimum absolute atomic E-state index is 0.120. The zero-order chi connectivity index (χ0) is 12.4. The topological polar surface area (TPSA) is 29.5 Å². The molecule has 0 amide bonds. The average Bonchev–Trinajstić information content (AvgIpc) is 2.71. The van der Waals surface area contributed by atoms with Crippen molar-refractivity contribution in [3.63, 3.8) is 0 Å². The molecule has 0 radical (unpaired) electrons. The van der Waals surface area contributed by atoms with Crippen molar-refractivity contribution in [3.05, 3.63) is 34.9 Å². The number of halogens is 1. The normalized spacial score (nSPS) is 24.9. The van der Waals surface area contributed by atoms with Gasteiger partial charge in [-0.1, -0.05) is 29.8 Å². The third kappa shape index (κ3) is 2.45. The molecule has 1 heterocycles. The van der Waals surface area contributed by atoms with Gasteiger partial charge < -0.3 is 9.64 Å². The predicted octanol–water partition coefficient (Wildman–Crippen LogP) is 2.16. The van der Waals surface area contributed by atoms with Gasteiger partial charge in [-0.15, -0.1) is 0 Å². The van der Waals surface area contributed by atoms with E-state index in [1.54, 1.807) is 0 Å². The van der Waals surface area contributed by atoms with E-state index in [2.05, 4.69) is 4.90 Å². The van der Waals surface area contributed by atoms with Crippen LogP contribution in [0.5, 0.6) is 0 Å². The highest BCUT2D eigenvalue weighted by Gasteiger charge is 2.38. The second kappa shape index (κ2) is 5.07. The van der Waals surface area contributed by atoms with E-state index in [0.717, 1.165) is 23.7 Å². The largest absolute Gasteiger partial charge is 0.469 e. The molecule has 92 valence electrons. The van der Waals surface area contributed by atoms with Crippen molar-refractivity contribution in [2.45, 2.75) is 5.92 Å². The molecule has 1 aromatic carbocycles. The molecule has 0 saturated carbocycles. The van der Waals surface area contributed by atoms with Gasteiger partial charge in [0.25, 0.3) is 0 Å². The summed E-state index contributed by atoms with van der Waals surface area (Å²) in [6, 6.07) is 7.71. The maximum absolute atomic E-state index is 11.8. The number of carbonyl (C=O) groups excluding carboxylic acids is 1. The van der Waals surface area contributed by atoms with E-state index in [9.17, 15) is 4.79 Å². The molecule has 0 N–H and O–H groups in total. The SMILES string of the molecule is COC(=O)[C@H]1CN(C)C[C@H]1c1ccccc1Cl. The summed E-state index contributed by atoms with van der Waals surface area (Å²) in [5.74, 6) is -0.148. The van der Waals surface area contributed by atoms with E-state index in [4.69, 9.17) is 16.3 Å². The molecule has 1 saturated heterocycles. The van der Waals surface area contributed by atoms with Crippen LogP contribution in [0.2, 0.25) is 5.02 Å². The number of likely N-dealkylation sites (N-methyl/N-ethyl adjacent to an activating group) is 1. The summed E-state index contributed by atoms with van der Waals surface area (Å²) in [4.78, 5) is 13.9. The van der Waals surface area contributed by atoms with Gasteiger partial charge in [-0.25, -0.2) is 0 Å². The van der Waals surface area contributed by atoms with Crippen molar-refractivity contribution in [2.24, 2.45) is 5.92 Å². The minimum atomic E-state index is -0.153. The Morgan fingerprint density at radius 3 is 2.76 bits per heavy atom. The Morgan fingerprint density at radius 2 is 2.12 bits per heavy atom. The second-order valence-corrected chi connectivity index (χ2v) is 4.89. The Labute approximate surface area is 106 Å². The summed E-state index contributed by atoms with van der Waals surface area (Å²) in [5.41, 5.74) is 1.04. The molecule has 1 aromatic rings. The van der Waals surface area contributed by atoms with Gasteiger partial charge >= 0.3 is 5.97 Å². The fourth-order valence-electron chi connectivity index (χ4n) is 2.48. The van der Waals surface area contributed by atoms with Crippen LogP contribution in [0.4, 0.5) is 0 Å². The van der Waals surface area contributed by atoms with Gasteiger partial charge in [-0.2, -0.15) is 0 Å². The van der Waals surface area contributed by atoms with Crippen molar-refractivity contribution in [1.29, 1.82) is 0 Å². The Kier molecular flexibility index (Phi) is 3.69. The van der Waals surface area contributed by atoms with E-state index in [1.807, 2.05) is 31.3 Å². The summed E-state index contributed by atoms with van der Waals surface area (Å²) in [6.07, 6.45) is 0. The molecule has 4 heteroatoms. The number of benzene rings is 1. The Balaban J connectivity index is 2.30. The predicted molar refractivity (Wildman–Crippen MR) is 67.2 cm³/mol. The third-order valence-electron chi connectivity index (χ3n) is 3.31. The average molecular weight is 254 g/mol. The van der Waals surface area contributed by atoms with E-state index < -0.39 is 0 Å². The van der Waals surface area contributed by atoms with Crippen LogP contribution in [-0.4, -0.2) is 38.1 Å². The number of rotatable bonds is 2. The minimum Gasteiger partial charge on any atom is -0.469 e. The molecule has 0 unspecified atom stereocenters. The molecule has 0 aromatic heterocycles. The van der Waals surface area contributed by atoms with E-state index in [0.29, 0.717) is 0 Å². The van der Waals surface area contributed by atoms with Gasteiger partial charge in [0.05, 0.1) is 13.0 Å². The molecular weight excluding hydrogens is 238 g/mol. The van der Waals surface area contributed by atoms with Crippen LogP contribution >= 0.6 is 11.6 Å². The number of hydrogen-bond acceptors (Lipinski definition) is 3. The molecule has 2 atom stereocenters. The molecule has 0 bridgehead atoms. The number of likely N-dealkylation sites (tertiary alicyclic amines) is 1. The van der Waals surface area contributed by atoms with Gasteiger partial charge in [0, 0.05) is 24.0 Å². The summed E-state index contributed by atoms with van der Waals surface area (Å²) in [6.45, 7) is 1.56. The molecule has 1 fully saturated rings. The van der Waals surface area contributed by atoms with E-state index in [1.165, 1.54) is 7.11 Å². The van der Waals surface area contributed by atoms with Crippen LogP contribution in [-0.2, 0) is 9.53 Å². The Hall–Kier alpha value is -1.06. The zero-order valence-corrected chi connectivity index (χ0v) is 10.8. The second-order valence-electron chi connectivity index (χ2n) is 4.48. The fourth-order valence-corrected chi connectivity index (χ4v) is 2.76. The first kappa shape index (κ1) is 12.4. The van der Waals surface area contributed by atoms with Crippen LogP contribution in [0.25, 0.3) is 0 Å². The number of ether oxygens (including phenoxy) is 1. The van der Waals surface area contributed by atoms with Gasteiger partial charge in [-0.05, 0) is 18.7 Å². The molecule has 17 heavy (non-hydrogen) atoms. The van der Waals surface area contributed by atoms with E-state index >= 15 is 0 Å². The lowest BCUT2D eigenvalue weighted by molar-refractivity contribution is -0.145. The summed E-state index contributed by atoms with van der Waals surface area (Å²) >= 11 is 6.19. The van der Waals surface area contributed by atoms with Crippen molar-refractivity contribution >= 4 is 17.6 Å². The Morgan fingerprint density at radius 1 is 1.41 bits per heavy atom. The first-order valence-electron chi connectivity index (χ1n) is 5.64. The van der Waals surface area contributed by atoms with E-state index in [-0.39, 0.29) is 17.8 Å². The lowest BCUT2D eigenvalue weighted by Crippen LogP contribution is -2.23. The standard InChI is InChI=1S/C13H16ClNO2/c1-15-7-10(11(8-15)13(16)17-2)9-5-3-4-6-12(9)14/h3-6,10-11H,7-8H2,1-2H3/t10-,11-/m0/s1. The highest BCUT2D eigenvalue weighted by molar-refractivity contribution is 6.31. The lowest BCUT2D eigenvalue weighted by atomic mass is 9.89. The van der Waals surface area contributed by atoms with Crippen LogP contribution in [0.3, 0.4) is 0 Å². The number of esters is 1. The van der Waals surface area contributed by atoms with Crippen molar-refractivity contribution in [2.75, 3.05) is 27.2 Å². The molecule has 2 rings (SSSR count). The quantitative estimate of drug-likeness (QED) is 0.757. The third-order valence-corrected chi connectivity index (χ3v) is 3.66. The first-order valence-corrected chi connectivity index (χ1v) is 6.02. The van der Waals surface area contributed by atoms with Gasteiger partial charge in [0.2, 0.25) is 0 Å². The Bertz CT molecular complexity index is 422. The number of hydrogen-bond donors (Lipinski definition) is 0. The molecule has 0 spiro atoms. The number of nitrogens with zero attached hydrogens (tertiary/aromatic N) is 1. The smallest absolute Gasteiger partial charge is 0.310 e. The monoisotopic (exact) mass is 253 g/mol. The summed E-state index contributed by atoms with van der Waals surface area (Å²) in [7, 11) is 3.44. The van der Waals surface area contributed by atoms with Crippen molar-refractivity contribution < 1.29 is 9.53 Å². The highest BCUT2D eigenvalue weighted by atomic mass is 35.5. The maximum atomic E-state index is 11.8. The summed E-state index contributed by atoms with van der Waals surface area (Å²) in [5, 5.41) is 0.724. The molecule has 0 aliphatic carbocycles. The fraction of sp³-hybridized carbons (Fsp3) is 0.462. The number of methoxy groups -OCH3 is 1. The molecule has 1 aliphatic heterocycles.